The summed E-state index contributed by atoms with van der Waals surface area (Å²) in [4.78, 5) is 11.1. The first-order valence-corrected chi connectivity index (χ1v) is 7.23. The summed E-state index contributed by atoms with van der Waals surface area (Å²) in [6.07, 6.45) is 1.93. The van der Waals surface area contributed by atoms with Crippen LogP contribution in [0.5, 0.6) is 0 Å². The number of nitrogens with two attached hydrogens (primary N) is 1. The number of aliphatic hydroxyl groups is 1. The van der Waals surface area contributed by atoms with Gasteiger partial charge in [-0.1, -0.05) is 0 Å². The van der Waals surface area contributed by atoms with Gasteiger partial charge in [-0.15, -0.1) is 0 Å². The van der Waals surface area contributed by atoms with Gasteiger partial charge in [0.1, 0.15) is 0 Å². The number of carboxylic acids is 1. The van der Waals surface area contributed by atoms with Crippen molar-refractivity contribution < 1.29 is 15.0 Å². The lowest BCUT2D eigenvalue weighted by molar-refractivity contribution is 0.0698. The van der Waals surface area contributed by atoms with E-state index in [1.54, 1.807) is 18.7 Å². The van der Waals surface area contributed by atoms with Crippen LogP contribution in [0.25, 0.3) is 0 Å². The van der Waals surface area contributed by atoms with Crippen molar-refractivity contribution in [1.29, 1.82) is 0 Å². The van der Waals surface area contributed by atoms with E-state index in [2.05, 4.69) is 5.32 Å². The van der Waals surface area contributed by atoms with Crippen molar-refractivity contribution in [2.45, 2.75) is 25.1 Å². The highest BCUT2D eigenvalue weighted by atomic mass is 32.2. The summed E-state index contributed by atoms with van der Waals surface area (Å²) in [5, 5.41) is 21.6. The second-order valence-electron chi connectivity index (χ2n) is 4.45. The maximum Gasteiger partial charge on any atom is 0.337 e. The Bertz CT molecular complexity index is 461. The zero-order valence-corrected chi connectivity index (χ0v) is 12.1. The van der Waals surface area contributed by atoms with Crippen LogP contribution in [0.1, 0.15) is 22.8 Å². The number of carbonyl (C=O) groups is 1. The molecule has 2 unspecified atom stereocenters. The normalized spacial score (nSPS) is 13.9. The number of hydrogen-bond donors (Lipinski definition) is 4. The van der Waals surface area contributed by atoms with Gasteiger partial charge in [0, 0.05) is 22.7 Å². The molecule has 5 N–H and O–H groups in total. The van der Waals surface area contributed by atoms with Crippen LogP contribution in [0.15, 0.2) is 12.1 Å². The van der Waals surface area contributed by atoms with Crippen molar-refractivity contribution in [3.05, 3.63) is 23.3 Å². The fraction of sp³-hybridized carbons (Fsp3) is 0.462. The zero-order valence-electron chi connectivity index (χ0n) is 11.3. The topological polar surface area (TPSA) is 95.6 Å². The Labute approximate surface area is 117 Å². The van der Waals surface area contributed by atoms with Gasteiger partial charge >= 0.3 is 5.97 Å². The van der Waals surface area contributed by atoms with Crippen LogP contribution in [-0.2, 0) is 0 Å². The largest absolute Gasteiger partial charge is 0.478 e. The molecule has 1 aromatic rings. The minimum absolute atomic E-state index is 0.0182. The van der Waals surface area contributed by atoms with Crippen molar-refractivity contribution >= 4 is 29.1 Å². The van der Waals surface area contributed by atoms with Crippen molar-refractivity contribution in [2.24, 2.45) is 0 Å². The summed E-state index contributed by atoms with van der Waals surface area (Å²) in [5.74, 6) is -1.04. The van der Waals surface area contributed by atoms with Gasteiger partial charge < -0.3 is 21.3 Å². The second kappa shape index (κ2) is 6.68. The average molecular weight is 284 g/mol. The molecule has 1 aromatic carbocycles. The number of hydrogen-bond acceptors (Lipinski definition) is 5. The molecule has 0 spiro atoms. The molecular weight excluding hydrogens is 264 g/mol. The first kappa shape index (κ1) is 15.7. The van der Waals surface area contributed by atoms with Crippen LogP contribution in [0.3, 0.4) is 0 Å². The highest BCUT2D eigenvalue weighted by Gasteiger charge is 2.17. The molecule has 0 saturated carbocycles. The predicted octanol–water partition coefficient (Wildman–Crippen LogP) is 1.80. The maximum absolute atomic E-state index is 11.1. The molecule has 106 valence electrons. The Kier molecular flexibility index (Phi) is 5.50. The molecule has 0 radical (unpaired) electrons. The molecule has 0 aromatic heterocycles. The van der Waals surface area contributed by atoms with Crippen LogP contribution >= 0.6 is 11.8 Å². The lowest BCUT2D eigenvalue weighted by Crippen LogP contribution is -2.31. The van der Waals surface area contributed by atoms with E-state index in [1.165, 1.54) is 6.07 Å². The highest BCUT2D eigenvalue weighted by molar-refractivity contribution is 7.99. The van der Waals surface area contributed by atoms with Gasteiger partial charge in [-0.3, -0.25) is 0 Å². The van der Waals surface area contributed by atoms with Crippen LogP contribution in [0.4, 0.5) is 11.4 Å². The van der Waals surface area contributed by atoms with E-state index in [9.17, 15) is 9.90 Å². The summed E-state index contributed by atoms with van der Waals surface area (Å²) < 4.78 is 0. The minimum atomic E-state index is -1.04. The van der Waals surface area contributed by atoms with E-state index in [0.717, 1.165) is 5.56 Å². The number of anilines is 2. The first-order chi connectivity index (χ1) is 8.90. The van der Waals surface area contributed by atoms with Gasteiger partial charge in [-0.05, 0) is 37.8 Å². The summed E-state index contributed by atoms with van der Waals surface area (Å²) in [7, 11) is 0. The fourth-order valence-electron chi connectivity index (χ4n) is 1.85. The number of aliphatic hydroxyl groups excluding tert-OH is 1. The lowest BCUT2D eigenvalue weighted by Gasteiger charge is -2.23. The number of aromatic carboxylic acids is 1. The monoisotopic (exact) mass is 284 g/mol. The van der Waals surface area contributed by atoms with Gasteiger partial charge in [-0.2, -0.15) is 11.8 Å². The lowest BCUT2D eigenvalue weighted by atomic mass is 10.1. The molecule has 0 aliphatic rings. The molecule has 1 rings (SSSR count). The van der Waals surface area contributed by atoms with Crippen molar-refractivity contribution in [2.75, 3.05) is 23.9 Å². The van der Waals surface area contributed by atoms with Crippen LogP contribution in [0.2, 0.25) is 0 Å². The molecular formula is C13H20N2O3S. The molecule has 0 heterocycles. The molecule has 0 saturated heterocycles. The minimum Gasteiger partial charge on any atom is -0.478 e. The van der Waals surface area contributed by atoms with E-state index in [-0.39, 0.29) is 29.1 Å². The summed E-state index contributed by atoms with van der Waals surface area (Å²) >= 11 is 1.56. The van der Waals surface area contributed by atoms with E-state index < -0.39 is 5.97 Å². The van der Waals surface area contributed by atoms with Crippen molar-refractivity contribution in [3.8, 4) is 0 Å². The first-order valence-electron chi connectivity index (χ1n) is 5.94. The number of rotatable bonds is 6. The molecule has 5 nitrogen and oxygen atoms in total. The molecule has 0 aliphatic heterocycles. The SMILES string of the molecule is CSC(CO)C(C)Nc1cc(C)c(N)c(C(=O)O)c1. The van der Waals surface area contributed by atoms with E-state index in [1.807, 2.05) is 19.2 Å². The van der Waals surface area contributed by atoms with Crippen molar-refractivity contribution in [1.82, 2.24) is 0 Å². The number of benzene rings is 1. The van der Waals surface area contributed by atoms with Crippen LogP contribution in [-0.4, -0.2) is 40.3 Å². The Morgan fingerprint density at radius 2 is 2.16 bits per heavy atom. The Morgan fingerprint density at radius 1 is 1.53 bits per heavy atom. The smallest absolute Gasteiger partial charge is 0.337 e. The van der Waals surface area contributed by atoms with Gasteiger partial charge in [0.05, 0.1) is 12.2 Å². The maximum atomic E-state index is 11.1. The molecule has 19 heavy (non-hydrogen) atoms. The second-order valence-corrected chi connectivity index (χ2v) is 5.53. The third-order valence-corrected chi connectivity index (χ3v) is 4.21. The van der Waals surface area contributed by atoms with E-state index in [4.69, 9.17) is 10.8 Å². The summed E-state index contributed by atoms with van der Waals surface area (Å²) in [6, 6.07) is 3.35. The Balaban J connectivity index is 2.99. The molecule has 0 amide bonds. The standard InChI is InChI=1S/C13H20N2O3S/c1-7-4-9(5-10(12(7)14)13(17)18)15-8(2)11(6-16)19-3/h4-5,8,11,15-16H,6,14H2,1-3H3,(H,17,18). The molecule has 6 heteroatoms. The van der Waals surface area contributed by atoms with Crippen LogP contribution < -0.4 is 11.1 Å². The van der Waals surface area contributed by atoms with Gasteiger partial charge in [0.25, 0.3) is 0 Å². The Morgan fingerprint density at radius 3 is 2.63 bits per heavy atom. The van der Waals surface area contributed by atoms with Gasteiger partial charge in [0.15, 0.2) is 0 Å². The number of nitrogen functional groups attached to an aromatic ring is 1. The average Bonchev–Trinajstić information content (AvgIpc) is 2.34. The number of nitrogens with one attached hydrogen (secondary N) is 1. The van der Waals surface area contributed by atoms with Gasteiger partial charge in [0.2, 0.25) is 0 Å². The third-order valence-electron chi connectivity index (χ3n) is 3.05. The third kappa shape index (κ3) is 3.78. The zero-order chi connectivity index (χ0) is 14.6. The summed E-state index contributed by atoms with van der Waals surface area (Å²) in [6.45, 7) is 3.79. The predicted molar refractivity (Wildman–Crippen MR) is 80.0 cm³/mol. The fourth-order valence-corrected chi connectivity index (χ4v) is 2.48. The number of thioether (sulfide) groups is 1. The molecule has 0 bridgehead atoms. The molecule has 2 atom stereocenters. The van der Waals surface area contributed by atoms with Gasteiger partial charge in [-0.25, -0.2) is 4.79 Å². The van der Waals surface area contributed by atoms with E-state index in [0.29, 0.717) is 5.69 Å². The van der Waals surface area contributed by atoms with Crippen molar-refractivity contribution in [3.63, 3.8) is 0 Å². The highest BCUT2D eigenvalue weighted by Crippen LogP contribution is 2.24. The molecule has 0 aliphatic carbocycles. The van der Waals surface area contributed by atoms with E-state index >= 15 is 0 Å². The number of carboxylic acid groups (broad SMARTS) is 1. The quantitative estimate of drug-likeness (QED) is 0.595. The number of aryl methyl sites for hydroxylation is 1. The Hall–Kier alpha value is -1.40. The van der Waals surface area contributed by atoms with Crippen LogP contribution in [0, 0.1) is 6.92 Å². The summed E-state index contributed by atoms with van der Waals surface area (Å²) in [5.41, 5.74) is 7.55. The molecule has 0 fully saturated rings.